The lowest BCUT2D eigenvalue weighted by atomic mass is 10.3. The van der Waals surface area contributed by atoms with Crippen LogP contribution in [-0.2, 0) is 6.61 Å². The summed E-state index contributed by atoms with van der Waals surface area (Å²) in [7, 11) is 0. The summed E-state index contributed by atoms with van der Waals surface area (Å²) in [5.74, 6) is 0.206. The van der Waals surface area contributed by atoms with Gasteiger partial charge in [0, 0.05) is 28.6 Å². The molecule has 0 atom stereocenters. The summed E-state index contributed by atoms with van der Waals surface area (Å²) in [5.41, 5.74) is 0.557. The number of ether oxygens (including phenoxy) is 1. The van der Waals surface area contributed by atoms with Crippen LogP contribution in [0.25, 0.3) is 0 Å². The minimum absolute atomic E-state index is 0.0874. The predicted molar refractivity (Wildman–Crippen MR) is 83.8 cm³/mol. The van der Waals surface area contributed by atoms with E-state index in [9.17, 15) is 10.1 Å². The minimum Gasteiger partial charge on any atom is -0.480 e. The highest BCUT2D eigenvalue weighted by atomic mass is 79.9. The van der Waals surface area contributed by atoms with E-state index in [2.05, 4.69) is 37.8 Å². The molecule has 0 aliphatic carbocycles. The van der Waals surface area contributed by atoms with Gasteiger partial charge in [0.05, 0.1) is 4.92 Å². The number of hydrogen-bond donors (Lipinski definition) is 1. The van der Waals surface area contributed by atoms with Crippen LogP contribution in [-0.4, -0.2) is 21.1 Å². The number of rotatable bonds is 7. The van der Waals surface area contributed by atoms with Crippen molar-refractivity contribution >= 4 is 38.2 Å². The second-order valence-corrected chi connectivity index (χ2v) is 5.80. The lowest BCUT2D eigenvalue weighted by Crippen LogP contribution is -2.04. The van der Waals surface area contributed by atoms with Gasteiger partial charge in [0.15, 0.2) is 5.75 Å². The van der Waals surface area contributed by atoms with E-state index in [-0.39, 0.29) is 18.0 Å². The van der Waals surface area contributed by atoms with Crippen LogP contribution in [0.2, 0.25) is 0 Å². The van der Waals surface area contributed by atoms with Gasteiger partial charge < -0.3 is 10.1 Å². The number of nitro groups is 1. The van der Waals surface area contributed by atoms with E-state index in [0.717, 1.165) is 18.0 Å². The molecule has 1 heterocycles. The smallest absolute Gasteiger partial charge is 0.312 e. The number of nitrogens with one attached hydrogen (secondary N) is 1. The van der Waals surface area contributed by atoms with Crippen LogP contribution in [0.4, 0.5) is 10.7 Å². The van der Waals surface area contributed by atoms with Crippen LogP contribution in [0, 0.1) is 10.1 Å². The molecule has 1 aromatic carbocycles. The summed E-state index contributed by atoms with van der Waals surface area (Å²) in [4.78, 5) is 10.5. The monoisotopic (exact) mass is 372 g/mol. The Labute approximate surface area is 133 Å². The molecule has 0 spiro atoms. The Balaban J connectivity index is 2.10. The molecule has 2 aromatic rings. The van der Waals surface area contributed by atoms with Crippen molar-refractivity contribution in [2.45, 2.75) is 20.0 Å². The average molecular weight is 373 g/mol. The highest BCUT2D eigenvalue weighted by Crippen LogP contribution is 2.31. The quantitative estimate of drug-likeness (QED) is 0.589. The van der Waals surface area contributed by atoms with Gasteiger partial charge in [-0.15, -0.1) is 5.10 Å². The van der Waals surface area contributed by atoms with Gasteiger partial charge >= 0.3 is 5.69 Å². The van der Waals surface area contributed by atoms with Gasteiger partial charge in [-0.1, -0.05) is 27.3 Å². The number of nitro benzene ring substituents is 1. The van der Waals surface area contributed by atoms with E-state index in [1.54, 1.807) is 12.1 Å². The van der Waals surface area contributed by atoms with Crippen LogP contribution < -0.4 is 10.1 Å². The van der Waals surface area contributed by atoms with Crippen molar-refractivity contribution in [3.05, 3.63) is 38.5 Å². The molecule has 1 aromatic heterocycles. The topological polar surface area (TPSA) is 90.2 Å². The number of nitrogens with zero attached hydrogens (tertiary/aromatic N) is 3. The zero-order valence-corrected chi connectivity index (χ0v) is 13.6. The maximum Gasteiger partial charge on any atom is 0.312 e. The van der Waals surface area contributed by atoms with Gasteiger partial charge in [-0.25, -0.2) is 0 Å². The minimum atomic E-state index is -0.477. The standard InChI is InChI=1S/C12H13BrN4O3S/c1-2-5-14-12-9(15-16-21-12)7-20-11-4-3-8(13)6-10(11)17(18)19/h3-4,6,14H,2,5,7H2,1H3. The number of benzene rings is 1. The van der Waals surface area contributed by atoms with Crippen molar-refractivity contribution in [3.8, 4) is 5.75 Å². The Kier molecular flexibility index (Phi) is 5.45. The second-order valence-electron chi connectivity index (χ2n) is 4.13. The van der Waals surface area contributed by atoms with Crippen molar-refractivity contribution in [2.75, 3.05) is 11.9 Å². The first kappa shape index (κ1) is 15.6. The Hall–Kier alpha value is -1.74. The summed E-state index contributed by atoms with van der Waals surface area (Å²) in [6.07, 6.45) is 0.983. The molecule has 7 nitrogen and oxygen atoms in total. The Morgan fingerprint density at radius 3 is 3.05 bits per heavy atom. The average Bonchev–Trinajstić information content (AvgIpc) is 2.91. The summed E-state index contributed by atoms with van der Waals surface area (Å²) in [6, 6.07) is 4.66. The van der Waals surface area contributed by atoms with Gasteiger partial charge in [-0.05, 0) is 18.6 Å². The Morgan fingerprint density at radius 1 is 1.52 bits per heavy atom. The fraction of sp³-hybridized carbons (Fsp3) is 0.333. The fourth-order valence-electron chi connectivity index (χ4n) is 1.58. The molecule has 0 radical (unpaired) electrons. The molecular formula is C12H13BrN4O3S. The SMILES string of the molecule is CCCNc1snnc1COc1ccc(Br)cc1[N+](=O)[O-]. The third-order valence-corrected chi connectivity index (χ3v) is 3.79. The van der Waals surface area contributed by atoms with E-state index in [1.165, 1.54) is 17.6 Å². The number of halogens is 1. The fourth-order valence-corrected chi connectivity index (χ4v) is 2.52. The molecule has 0 unspecified atom stereocenters. The lowest BCUT2D eigenvalue weighted by molar-refractivity contribution is -0.386. The zero-order chi connectivity index (χ0) is 15.2. The first-order valence-electron chi connectivity index (χ1n) is 6.23. The molecule has 0 bridgehead atoms. The summed E-state index contributed by atoms with van der Waals surface area (Å²) in [6.45, 7) is 3.00. The maximum absolute atomic E-state index is 11.0. The third kappa shape index (κ3) is 4.11. The van der Waals surface area contributed by atoms with E-state index >= 15 is 0 Å². The molecule has 1 N–H and O–H groups in total. The van der Waals surface area contributed by atoms with Gasteiger partial charge in [0.1, 0.15) is 17.3 Å². The van der Waals surface area contributed by atoms with Crippen molar-refractivity contribution < 1.29 is 9.66 Å². The van der Waals surface area contributed by atoms with Gasteiger partial charge in [0.2, 0.25) is 0 Å². The summed E-state index contributed by atoms with van der Waals surface area (Å²) < 4.78 is 10.0. The zero-order valence-electron chi connectivity index (χ0n) is 11.2. The second kappa shape index (κ2) is 7.32. The van der Waals surface area contributed by atoms with Crippen LogP contribution in [0.15, 0.2) is 22.7 Å². The Bertz CT molecular complexity index is 635. The molecular weight excluding hydrogens is 360 g/mol. The van der Waals surface area contributed by atoms with E-state index in [4.69, 9.17) is 4.74 Å². The molecule has 0 aliphatic rings. The molecule has 0 amide bonds. The molecule has 0 saturated carbocycles. The van der Waals surface area contributed by atoms with E-state index in [1.807, 2.05) is 0 Å². The van der Waals surface area contributed by atoms with E-state index < -0.39 is 4.92 Å². The molecule has 2 rings (SSSR count). The normalized spacial score (nSPS) is 10.4. The summed E-state index contributed by atoms with van der Waals surface area (Å²) in [5, 5.41) is 19.0. The van der Waals surface area contributed by atoms with Crippen LogP contribution in [0.5, 0.6) is 5.75 Å². The van der Waals surface area contributed by atoms with E-state index in [0.29, 0.717) is 10.2 Å². The summed E-state index contributed by atoms with van der Waals surface area (Å²) >= 11 is 4.45. The van der Waals surface area contributed by atoms with Crippen LogP contribution in [0.3, 0.4) is 0 Å². The molecule has 0 aliphatic heterocycles. The van der Waals surface area contributed by atoms with Crippen molar-refractivity contribution in [3.63, 3.8) is 0 Å². The number of hydrogen-bond acceptors (Lipinski definition) is 7. The molecule has 0 fully saturated rings. The number of anilines is 1. The highest BCUT2D eigenvalue weighted by molar-refractivity contribution is 9.10. The largest absolute Gasteiger partial charge is 0.480 e. The van der Waals surface area contributed by atoms with Gasteiger partial charge in [-0.2, -0.15) is 0 Å². The lowest BCUT2D eigenvalue weighted by Gasteiger charge is -2.07. The molecule has 0 saturated heterocycles. The first-order valence-corrected chi connectivity index (χ1v) is 7.80. The Morgan fingerprint density at radius 2 is 2.33 bits per heavy atom. The predicted octanol–water partition coefficient (Wildman–Crippen LogP) is 3.61. The number of aromatic nitrogens is 2. The van der Waals surface area contributed by atoms with Crippen LogP contribution in [0.1, 0.15) is 19.0 Å². The highest BCUT2D eigenvalue weighted by Gasteiger charge is 2.17. The molecule has 21 heavy (non-hydrogen) atoms. The van der Waals surface area contributed by atoms with Crippen molar-refractivity contribution in [1.82, 2.24) is 9.59 Å². The third-order valence-electron chi connectivity index (χ3n) is 2.57. The first-order chi connectivity index (χ1) is 10.1. The van der Waals surface area contributed by atoms with Crippen molar-refractivity contribution in [2.24, 2.45) is 0 Å². The molecule has 112 valence electrons. The van der Waals surface area contributed by atoms with Crippen LogP contribution >= 0.6 is 27.5 Å². The van der Waals surface area contributed by atoms with Gasteiger partial charge in [-0.3, -0.25) is 10.1 Å². The maximum atomic E-state index is 11.0. The van der Waals surface area contributed by atoms with Crippen molar-refractivity contribution in [1.29, 1.82) is 0 Å². The molecule has 9 heteroatoms. The van der Waals surface area contributed by atoms with Gasteiger partial charge in [0.25, 0.3) is 0 Å².